The Morgan fingerprint density at radius 3 is 2.73 bits per heavy atom. The van der Waals surface area contributed by atoms with Crippen LogP contribution in [0.3, 0.4) is 0 Å². The lowest BCUT2D eigenvalue weighted by atomic mass is 9.86. The van der Waals surface area contributed by atoms with E-state index in [1.54, 1.807) is 12.1 Å². The quantitative estimate of drug-likeness (QED) is 0.869. The van der Waals surface area contributed by atoms with Crippen LogP contribution in [0.25, 0.3) is 0 Å². The van der Waals surface area contributed by atoms with Crippen molar-refractivity contribution < 1.29 is 17.9 Å². The topological polar surface area (TPSA) is 90.7 Å². The average molecular weight is 326 g/mol. The van der Waals surface area contributed by atoms with E-state index in [9.17, 15) is 8.42 Å². The molecule has 1 saturated carbocycles. The highest BCUT2D eigenvalue weighted by Crippen LogP contribution is 2.32. The van der Waals surface area contributed by atoms with E-state index < -0.39 is 10.0 Å². The summed E-state index contributed by atoms with van der Waals surface area (Å²) in [6.07, 6.45) is 4.00. The van der Waals surface area contributed by atoms with Crippen molar-refractivity contribution in [3.63, 3.8) is 0 Å². The Morgan fingerprint density at radius 1 is 1.18 bits per heavy atom. The van der Waals surface area contributed by atoms with Gasteiger partial charge >= 0.3 is 0 Å². The molecule has 0 bridgehead atoms. The molecule has 22 heavy (non-hydrogen) atoms. The smallest absolute Gasteiger partial charge is 0.240 e. The summed E-state index contributed by atoms with van der Waals surface area (Å²) < 4.78 is 38.3. The highest BCUT2D eigenvalue weighted by atomic mass is 32.2. The van der Waals surface area contributed by atoms with Gasteiger partial charge in [-0.05, 0) is 37.3 Å². The Kier molecular flexibility index (Phi) is 4.56. The van der Waals surface area contributed by atoms with Crippen LogP contribution in [-0.4, -0.2) is 34.2 Å². The van der Waals surface area contributed by atoms with E-state index in [4.69, 9.17) is 15.2 Å². The molecule has 2 aliphatic rings. The SMILES string of the molecule is NC1CCCC(CNS(=O)(=O)c2ccc3c(c2)OCCO3)C1. The van der Waals surface area contributed by atoms with Crippen LogP contribution < -0.4 is 19.9 Å². The molecule has 0 aromatic heterocycles. The van der Waals surface area contributed by atoms with Crippen LogP contribution in [0.15, 0.2) is 23.1 Å². The zero-order valence-corrected chi connectivity index (χ0v) is 13.3. The molecular formula is C15H22N2O4S. The maximum Gasteiger partial charge on any atom is 0.240 e. The van der Waals surface area contributed by atoms with Crippen molar-refractivity contribution in [3.8, 4) is 11.5 Å². The van der Waals surface area contributed by atoms with Crippen molar-refractivity contribution in [2.45, 2.75) is 36.6 Å². The fraction of sp³-hybridized carbons (Fsp3) is 0.600. The molecule has 6 nitrogen and oxygen atoms in total. The molecule has 0 radical (unpaired) electrons. The highest BCUT2D eigenvalue weighted by molar-refractivity contribution is 7.89. The van der Waals surface area contributed by atoms with Crippen molar-refractivity contribution >= 4 is 10.0 Å². The maximum atomic E-state index is 12.4. The van der Waals surface area contributed by atoms with E-state index >= 15 is 0 Å². The van der Waals surface area contributed by atoms with Gasteiger partial charge in [0, 0.05) is 18.7 Å². The molecule has 7 heteroatoms. The van der Waals surface area contributed by atoms with E-state index in [1.165, 1.54) is 6.07 Å². The first-order valence-corrected chi connectivity index (χ1v) is 9.18. The summed E-state index contributed by atoms with van der Waals surface area (Å²) in [5.74, 6) is 1.38. The van der Waals surface area contributed by atoms with Gasteiger partial charge in [0.15, 0.2) is 11.5 Å². The standard InChI is InChI=1S/C15H22N2O4S/c16-12-3-1-2-11(8-12)10-17-22(18,19)13-4-5-14-15(9-13)21-7-6-20-14/h4-5,9,11-12,17H,1-3,6-8,10,16H2. The van der Waals surface area contributed by atoms with E-state index in [0.29, 0.717) is 37.2 Å². The van der Waals surface area contributed by atoms with Crippen LogP contribution in [0.2, 0.25) is 0 Å². The highest BCUT2D eigenvalue weighted by Gasteiger charge is 2.23. The number of rotatable bonds is 4. The second-order valence-electron chi connectivity index (χ2n) is 5.95. The number of benzene rings is 1. The molecule has 1 fully saturated rings. The lowest BCUT2D eigenvalue weighted by Gasteiger charge is -2.26. The van der Waals surface area contributed by atoms with E-state index in [1.807, 2.05) is 0 Å². The van der Waals surface area contributed by atoms with Crippen LogP contribution in [0.1, 0.15) is 25.7 Å². The summed E-state index contributed by atoms with van der Waals surface area (Å²) in [6, 6.07) is 4.89. The zero-order chi connectivity index (χ0) is 15.6. The van der Waals surface area contributed by atoms with Gasteiger partial charge in [-0.1, -0.05) is 6.42 Å². The third-order valence-electron chi connectivity index (χ3n) is 4.21. The first kappa shape index (κ1) is 15.6. The largest absolute Gasteiger partial charge is 0.486 e. The molecule has 1 heterocycles. The molecule has 1 aliphatic carbocycles. The molecule has 1 aromatic carbocycles. The molecule has 122 valence electrons. The van der Waals surface area contributed by atoms with E-state index in [2.05, 4.69) is 4.72 Å². The summed E-state index contributed by atoms with van der Waals surface area (Å²) >= 11 is 0. The average Bonchev–Trinajstić information content (AvgIpc) is 2.53. The number of hydrogen-bond donors (Lipinski definition) is 2. The Bertz CT molecular complexity index is 632. The van der Waals surface area contributed by atoms with Gasteiger partial charge in [0.05, 0.1) is 4.90 Å². The fourth-order valence-electron chi connectivity index (χ4n) is 3.02. The van der Waals surface area contributed by atoms with Crippen molar-refractivity contribution in [2.24, 2.45) is 11.7 Å². The maximum absolute atomic E-state index is 12.4. The molecule has 0 saturated heterocycles. The Hall–Kier alpha value is -1.31. The minimum Gasteiger partial charge on any atom is -0.486 e. The summed E-state index contributed by atoms with van der Waals surface area (Å²) in [4.78, 5) is 0.205. The summed E-state index contributed by atoms with van der Waals surface area (Å²) in [7, 11) is -3.54. The van der Waals surface area contributed by atoms with Crippen LogP contribution in [0, 0.1) is 5.92 Å². The Morgan fingerprint density at radius 2 is 1.95 bits per heavy atom. The van der Waals surface area contributed by atoms with Gasteiger partial charge in [0.2, 0.25) is 10.0 Å². The third-order valence-corrected chi connectivity index (χ3v) is 5.63. The van der Waals surface area contributed by atoms with Crippen LogP contribution in [0.5, 0.6) is 11.5 Å². The summed E-state index contributed by atoms with van der Waals surface area (Å²) in [5, 5.41) is 0. The third kappa shape index (κ3) is 3.53. The molecule has 3 N–H and O–H groups in total. The van der Waals surface area contributed by atoms with Crippen molar-refractivity contribution in [1.82, 2.24) is 4.72 Å². The summed E-state index contributed by atoms with van der Waals surface area (Å²) in [6.45, 7) is 1.35. The fourth-order valence-corrected chi connectivity index (χ4v) is 4.15. The Balaban J connectivity index is 1.67. The van der Waals surface area contributed by atoms with E-state index in [0.717, 1.165) is 25.7 Å². The predicted octanol–water partition coefficient (Wildman–Crippen LogP) is 1.25. The number of nitrogens with one attached hydrogen (secondary N) is 1. The second-order valence-corrected chi connectivity index (χ2v) is 7.72. The lowest BCUT2D eigenvalue weighted by Crippen LogP contribution is -2.35. The normalized spacial score (nSPS) is 25.0. The van der Waals surface area contributed by atoms with Gasteiger partial charge in [-0.25, -0.2) is 13.1 Å². The molecule has 2 unspecified atom stereocenters. The molecule has 1 aliphatic heterocycles. The summed E-state index contributed by atoms with van der Waals surface area (Å²) in [5.41, 5.74) is 5.94. The molecule has 0 spiro atoms. The number of hydrogen-bond acceptors (Lipinski definition) is 5. The number of sulfonamides is 1. The monoisotopic (exact) mass is 326 g/mol. The number of nitrogens with two attached hydrogens (primary N) is 1. The predicted molar refractivity (Wildman–Crippen MR) is 82.6 cm³/mol. The second kappa shape index (κ2) is 6.44. The van der Waals surface area contributed by atoms with Gasteiger partial charge in [-0.2, -0.15) is 0 Å². The van der Waals surface area contributed by atoms with Crippen molar-refractivity contribution in [2.75, 3.05) is 19.8 Å². The van der Waals surface area contributed by atoms with Crippen LogP contribution in [0.4, 0.5) is 0 Å². The van der Waals surface area contributed by atoms with Crippen molar-refractivity contribution in [3.05, 3.63) is 18.2 Å². The van der Waals surface area contributed by atoms with Crippen LogP contribution in [-0.2, 0) is 10.0 Å². The first-order chi connectivity index (χ1) is 10.5. The first-order valence-electron chi connectivity index (χ1n) is 7.69. The van der Waals surface area contributed by atoms with Gasteiger partial charge in [0.25, 0.3) is 0 Å². The number of fused-ring (bicyclic) bond motifs is 1. The van der Waals surface area contributed by atoms with Crippen molar-refractivity contribution in [1.29, 1.82) is 0 Å². The molecular weight excluding hydrogens is 304 g/mol. The molecule has 2 atom stereocenters. The Labute approximate surface area is 131 Å². The lowest BCUT2D eigenvalue weighted by molar-refractivity contribution is 0.171. The molecule has 3 rings (SSSR count). The zero-order valence-electron chi connectivity index (χ0n) is 12.5. The molecule has 0 amide bonds. The minimum absolute atomic E-state index is 0.192. The van der Waals surface area contributed by atoms with Crippen LogP contribution >= 0.6 is 0 Å². The van der Waals surface area contributed by atoms with Gasteiger partial charge in [-0.15, -0.1) is 0 Å². The van der Waals surface area contributed by atoms with Gasteiger partial charge < -0.3 is 15.2 Å². The number of ether oxygens (including phenoxy) is 2. The van der Waals surface area contributed by atoms with Gasteiger partial charge in [0.1, 0.15) is 13.2 Å². The van der Waals surface area contributed by atoms with Gasteiger partial charge in [-0.3, -0.25) is 0 Å². The van der Waals surface area contributed by atoms with E-state index in [-0.39, 0.29) is 10.9 Å². The molecule has 1 aromatic rings. The minimum atomic E-state index is -3.54.